The van der Waals surface area contributed by atoms with Gasteiger partial charge in [0, 0.05) is 34.3 Å². The van der Waals surface area contributed by atoms with Gasteiger partial charge in [-0.3, -0.25) is 13.7 Å². The lowest BCUT2D eigenvalue weighted by molar-refractivity contribution is -0.165. The van der Waals surface area contributed by atoms with Gasteiger partial charge in [0.25, 0.3) is 10.0 Å². The van der Waals surface area contributed by atoms with Gasteiger partial charge >= 0.3 is 5.97 Å². The minimum Gasteiger partial charge on any atom is -0.474 e. The van der Waals surface area contributed by atoms with E-state index in [2.05, 4.69) is 10.2 Å². The first kappa shape index (κ1) is 33.0. The van der Waals surface area contributed by atoms with Gasteiger partial charge in [0.2, 0.25) is 5.88 Å². The van der Waals surface area contributed by atoms with Crippen LogP contribution in [0.1, 0.15) is 39.0 Å². The first-order valence-corrected chi connectivity index (χ1v) is 16.9. The number of carbonyl (C=O) groups is 1. The Morgan fingerprint density at radius 2 is 1.84 bits per heavy atom. The second-order valence-corrected chi connectivity index (χ2v) is 13.1. The van der Waals surface area contributed by atoms with Gasteiger partial charge in [0.05, 0.1) is 29.3 Å². The van der Waals surface area contributed by atoms with Crippen molar-refractivity contribution in [1.82, 2.24) is 14.8 Å². The minimum atomic E-state index is -4.26. The Bertz CT molecular complexity index is 1690. The van der Waals surface area contributed by atoms with Crippen LogP contribution in [0, 0.1) is 0 Å². The van der Waals surface area contributed by atoms with Crippen LogP contribution in [0.2, 0.25) is 10.0 Å². The molecule has 0 aliphatic carbocycles. The van der Waals surface area contributed by atoms with Gasteiger partial charge in [-0.1, -0.05) is 36.5 Å². The minimum absolute atomic E-state index is 0.148. The molecule has 0 amide bonds. The van der Waals surface area contributed by atoms with E-state index in [4.69, 9.17) is 42.1 Å². The van der Waals surface area contributed by atoms with E-state index in [-0.39, 0.29) is 33.5 Å². The number of rotatable bonds is 14. The van der Waals surface area contributed by atoms with E-state index in [1.165, 1.54) is 18.2 Å². The van der Waals surface area contributed by atoms with E-state index in [0.29, 0.717) is 36.7 Å². The number of unbranched alkanes of at least 4 members (excludes halogenated alkanes) is 1. The molecule has 240 valence electrons. The molecule has 2 aromatic carbocycles. The monoisotopic (exact) mass is 676 g/mol. The summed E-state index contributed by atoms with van der Waals surface area (Å²) in [6.07, 6.45) is 6.16. The molecule has 1 aliphatic rings. The quantitative estimate of drug-likeness (QED) is 0.114. The highest BCUT2D eigenvalue weighted by molar-refractivity contribution is 7.92. The van der Waals surface area contributed by atoms with Gasteiger partial charge in [-0.15, -0.1) is 10.2 Å². The molecule has 2 aromatic heterocycles. The summed E-state index contributed by atoms with van der Waals surface area (Å²) in [7, 11) is -4.26. The highest BCUT2D eigenvalue weighted by Gasteiger charge is 2.29. The number of fused-ring (bicyclic) bond motifs is 1. The molecule has 1 aliphatic heterocycles. The van der Waals surface area contributed by atoms with Crippen molar-refractivity contribution in [2.45, 2.75) is 50.2 Å². The second-order valence-electron chi connectivity index (χ2n) is 10.4. The Kier molecular flexibility index (Phi) is 11.2. The highest BCUT2D eigenvalue weighted by atomic mass is 35.5. The van der Waals surface area contributed by atoms with Crippen molar-refractivity contribution in [2.24, 2.45) is 0 Å². The molecule has 0 bridgehead atoms. The van der Waals surface area contributed by atoms with E-state index in [0.717, 1.165) is 42.1 Å². The van der Waals surface area contributed by atoms with Crippen LogP contribution in [0.25, 0.3) is 16.7 Å². The number of halogens is 2. The normalized spacial score (nSPS) is 15.2. The number of aromatic nitrogens is 3. The molecule has 45 heavy (non-hydrogen) atoms. The van der Waals surface area contributed by atoms with Crippen LogP contribution < -0.4 is 9.04 Å². The summed E-state index contributed by atoms with van der Waals surface area (Å²) in [5.74, 6) is 0.220. The van der Waals surface area contributed by atoms with Crippen molar-refractivity contribution < 1.29 is 32.2 Å². The van der Waals surface area contributed by atoms with Gasteiger partial charge in [-0.2, -0.15) is 0 Å². The number of esters is 1. The fourth-order valence-corrected chi connectivity index (χ4v) is 6.91. The highest BCUT2D eigenvalue weighted by Crippen LogP contribution is 2.31. The fraction of sp³-hybridized carbons (Fsp3) is 0.387. The molecule has 1 unspecified atom stereocenters. The number of benzene rings is 2. The van der Waals surface area contributed by atoms with Crippen molar-refractivity contribution in [1.29, 1.82) is 0 Å². The lowest BCUT2D eigenvalue weighted by Gasteiger charge is -2.24. The number of nitrogens with zero attached hydrogens (tertiary/aromatic N) is 4. The number of carbonyl (C=O) groups excluding carboxylic acids is 1. The second kappa shape index (κ2) is 15.2. The molecular formula is C31H34Cl2N4O7S. The van der Waals surface area contributed by atoms with Crippen LogP contribution >= 0.6 is 23.2 Å². The standard InChI is InChI=1S/C31H34Cl2N4O7S/c1-2-3-13-42-30(38)21-37(45(39,40)26-19-23(32)18-24(33)20-26)25-7-8-27-22(17-25)11-12-36(27)28-9-10-29(35-34-28)41-15-16-44-31-6-4-5-14-43-31/h7-12,17-20,31H,2-6,13-16,21H2,1H3. The van der Waals surface area contributed by atoms with E-state index in [1.54, 1.807) is 36.5 Å². The molecule has 4 aromatic rings. The summed E-state index contributed by atoms with van der Waals surface area (Å²) in [5.41, 5.74) is 1.01. The van der Waals surface area contributed by atoms with Crippen LogP contribution in [0.3, 0.4) is 0 Å². The van der Waals surface area contributed by atoms with Crippen LogP contribution in [-0.2, 0) is 29.0 Å². The topological polar surface area (TPSA) is 122 Å². The Balaban J connectivity index is 1.34. The van der Waals surface area contributed by atoms with Gasteiger partial charge < -0.3 is 18.9 Å². The SMILES string of the molecule is CCCCOC(=O)CN(c1ccc2c(ccn2-c2ccc(OCCOC3CCCCO3)nn2)c1)S(=O)(=O)c1cc(Cl)cc(Cl)c1. The molecule has 1 saturated heterocycles. The molecule has 3 heterocycles. The average Bonchev–Trinajstić information content (AvgIpc) is 3.46. The van der Waals surface area contributed by atoms with Crippen molar-refractivity contribution in [2.75, 3.05) is 37.3 Å². The zero-order chi connectivity index (χ0) is 31.8. The summed E-state index contributed by atoms with van der Waals surface area (Å²) in [5, 5.41) is 9.48. The van der Waals surface area contributed by atoms with Crippen molar-refractivity contribution in [3.05, 3.63) is 70.8 Å². The number of anilines is 1. The van der Waals surface area contributed by atoms with Crippen LogP contribution in [0.4, 0.5) is 5.69 Å². The Morgan fingerprint density at radius 1 is 1.02 bits per heavy atom. The van der Waals surface area contributed by atoms with Crippen LogP contribution in [0.5, 0.6) is 5.88 Å². The molecule has 1 fully saturated rings. The van der Waals surface area contributed by atoms with Gasteiger partial charge in [-0.05, 0) is 74.2 Å². The molecule has 0 N–H and O–H groups in total. The number of hydrogen-bond acceptors (Lipinski definition) is 9. The lowest BCUT2D eigenvalue weighted by atomic mass is 10.2. The Morgan fingerprint density at radius 3 is 2.56 bits per heavy atom. The summed E-state index contributed by atoms with van der Waals surface area (Å²) in [4.78, 5) is 12.6. The van der Waals surface area contributed by atoms with E-state index < -0.39 is 22.5 Å². The van der Waals surface area contributed by atoms with E-state index in [9.17, 15) is 13.2 Å². The largest absolute Gasteiger partial charge is 0.474 e. The molecule has 0 saturated carbocycles. The molecule has 14 heteroatoms. The summed E-state index contributed by atoms with van der Waals surface area (Å²) < 4.78 is 52.6. The molecule has 0 spiro atoms. The van der Waals surface area contributed by atoms with Gasteiger partial charge in [0.15, 0.2) is 12.1 Å². The molecular weight excluding hydrogens is 643 g/mol. The zero-order valence-electron chi connectivity index (χ0n) is 24.7. The third-order valence-corrected chi connectivity index (χ3v) is 9.26. The molecule has 0 radical (unpaired) electrons. The maximum atomic E-state index is 13.8. The van der Waals surface area contributed by atoms with Gasteiger partial charge in [-0.25, -0.2) is 8.42 Å². The van der Waals surface area contributed by atoms with Crippen molar-refractivity contribution in [3.8, 4) is 11.7 Å². The number of sulfonamides is 1. The van der Waals surface area contributed by atoms with E-state index in [1.807, 2.05) is 17.6 Å². The zero-order valence-corrected chi connectivity index (χ0v) is 27.1. The van der Waals surface area contributed by atoms with Gasteiger partial charge in [0.1, 0.15) is 13.2 Å². The third kappa shape index (κ3) is 8.44. The molecule has 1 atom stereocenters. The van der Waals surface area contributed by atoms with Crippen molar-refractivity contribution >= 4 is 55.8 Å². The number of hydrogen-bond donors (Lipinski definition) is 0. The smallest absolute Gasteiger partial charge is 0.326 e. The maximum absolute atomic E-state index is 13.8. The lowest BCUT2D eigenvalue weighted by Crippen LogP contribution is -2.36. The molecule has 5 rings (SSSR count). The first-order chi connectivity index (χ1) is 21.7. The summed E-state index contributed by atoms with van der Waals surface area (Å²) in [6, 6.07) is 14.4. The fourth-order valence-electron chi connectivity index (χ4n) is 4.78. The predicted molar refractivity (Wildman–Crippen MR) is 171 cm³/mol. The third-order valence-electron chi connectivity index (χ3n) is 7.07. The summed E-state index contributed by atoms with van der Waals surface area (Å²) >= 11 is 12.2. The Hall–Kier alpha value is -3.42. The van der Waals surface area contributed by atoms with E-state index >= 15 is 0 Å². The van der Waals surface area contributed by atoms with Crippen molar-refractivity contribution in [3.63, 3.8) is 0 Å². The number of ether oxygens (including phenoxy) is 4. The Labute approximate surface area is 272 Å². The average molecular weight is 678 g/mol. The molecule has 11 nitrogen and oxygen atoms in total. The predicted octanol–water partition coefficient (Wildman–Crippen LogP) is 6.19. The maximum Gasteiger partial charge on any atom is 0.326 e. The first-order valence-electron chi connectivity index (χ1n) is 14.7. The summed E-state index contributed by atoms with van der Waals surface area (Å²) in [6.45, 7) is 3.05. The van der Waals surface area contributed by atoms with Crippen LogP contribution in [-0.4, -0.2) is 68.4 Å². The van der Waals surface area contributed by atoms with Crippen LogP contribution in [0.15, 0.2) is 65.7 Å².